The van der Waals surface area contributed by atoms with Crippen LogP contribution in [0.1, 0.15) is 35.3 Å². The first kappa shape index (κ1) is 13.2. The van der Waals surface area contributed by atoms with Crippen LogP contribution in [0, 0.1) is 5.82 Å². The van der Waals surface area contributed by atoms with Crippen molar-refractivity contribution in [3.05, 3.63) is 22.5 Å². The molecule has 0 atom stereocenters. The summed E-state index contributed by atoms with van der Waals surface area (Å²) in [7, 11) is 0. The number of phenolic OH excluding ortho intramolecular Hbond substituents is 2. The van der Waals surface area contributed by atoms with Gasteiger partial charge in [0.1, 0.15) is 5.56 Å². The fourth-order valence-corrected chi connectivity index (χ4v) is 1.81. The van der Waals surface area contributed by atoms with Crippen molar-refractivity contribution >= 4 is 5.97 Å². The van der Waals surface area contributed by atoms with Crippen LogP contribution in [0.25, 0.3) is 0 Å². The molecule has 6 heteroatoms. The highest BCUT2D eigenvalue weighted by molar-refractivity contribution is 5.95. The number of halogens is 2. The average molecular weight is 246 g/mol. The maximum atomic E-state index is 13.6. The first-order chi connectivity index (χ1) is 7.99. The molecule has 0 aromatic heterocycles. The predicted molar refractivity (Wildman–Crippen MR) is 55.0 cm³/mol. The largest absolute Gasteiger partial charge is 0.504 e. The first-order valence-electron chi connectivity index (χ1n) is 5.07. The Morgan fingerprint density at radius 1 is 1.18 bits per heavy atom. The monoisotopic (exact) mass is 246 g/mol. The van der Waals surface area contributed by atoms with E-state index in [0.29, 0.717) is 0 Å². The Bertz CT molecular complexity index is 458. The molecule has 0 spiro atoms. The topological polar surface area (TPSA) is 66.8 Å². The van der Waals surface area contributed by atoms with Crippen LogP contribution in [-0.2, 0) is 17.8 Å². The third-order valence-corrected chi connectivity index (χ3v) is 2.58. The van der Waals surface area contributed by atoms with Gasteiger partial charge in [-0.25, -0.2) is 14.1 Å². The van der Waals surface area contributed by atoms with E-state index in [0.717, 1.165) is 0 Å². The number of rotatable bonds is 3. The average Bonchev–Trinajstić information content (AvgIpc) is 2.34. The van der Waals surface area contributed by atoms with Crippen LogP contribution in [-0.4, -0.2) is 16.2 Å². The van der Waals surface area contributed by atoms with Crippen molar-refractivity contribution in [1.82, 2.24) is 0 Å². The summed E-state index contributed by atoms with van der Waals surface area (Å²) >= 11 is 0. The minimum absolute atomic E-state index is 0.0585. The minimum Gasteiger partial charge on any atom is -0.504 e. The number of phenols is 2. The lowest BCUT2D eigenvalue weighted by Gasteiger charge is -2.14. The van der Waals surface area contributed by atoms with Gasteiger partial charge in [0.25, 0.3) is 0 Å². The van der Waals surface area contributed by atoms with Crippen LogP contribution in [0.4, 0.5) is 8.92 Å². The molecular formula is C11H12F2O4. The Morgan fingerprint density at radius 2 is 1.71 bits per heavy atom. The maximum absolute atomic E-state index is 13.6. The summed E-state index contributed by atoms with van der Waals surface area (Å²) in [5.74, 6) is -4.53. The lowest BCUT2D eigenvalue weighted by molar-refractivity contribution is -0.0791. The van der Waals surface area contributed by atoms with Gasteiger partial charge in [-0.2, -0.15) is 0 Å². The van der Waals surface area contributed by atoms with Crippen LogP contribution in [0.15, 0.2) is 0 Å². The number of hydrogen-bond donors (Lipinski definition) is 2. The Balaban J connectivity index is 3.68. The first-order valence-corrected chi connectivity index (χ1v) is 5.07. The van der Waals surface area contributed by atoms with E-state index in [4.69, 9.17) is 0 Å². The molecule has 2 N–H and O–H groups in total. The van der Waals surface area contributed by atoms with Crippen molar-refractivity contribution in [3.63, 3.8) is 0 Å². The van der Waals surface area contributed by atoms with Crippen molar-refractivity contribution in [2.45, 2.75) is 26.7 Å². The second-order valence-electron chi connectivity index (χ2n) is 3.42. The van der Waals surface area contributed by atoms with Crippen LogP contribution in [0.5, 0.6) is 11.5 Å². The molecule has 0 amide bonds. The summed E-state index contributed by atoms with van der Waals surface area (Å²) in [6.45, 7) is 3.22. The van der Waals surface area contributed by atoms with E-state index in [9.17, 15) is 23.9 Å². The number of benzene rings is 1. The maximum Gasteiger partial charge on any atom is 0.383 e. The number of carbonyl (C=O) groups excluding carboxylic acids is 1. The predicted octanol–water partition coefficient (Wildman–Crippen LogP) is 2.40. The molecule has 0 bridgehead atoms. The lowest BCUT2D eigenvalue weighted by atomic mass is 9.95. The second-order valence-corrected chi connectivity index (χ2v) is 3.42. The molecule has 1 aromatic rings. The standard InChI is InChI=1S/C11H12F2O4/c1-3-5-6(4-2)8(12)10(15)9(14)7(5)11(16)17-13/h14-15H,3-4H2,1-2H3. The quantitative estimate of drug-likeness (QED) is 0.803. The smallest absolute Gasteiger partial charge is 0.383 e. The Hall–Kier alpha value is -1.85. The van der Waals surface area contributed by atoms with Crippen LogP contribution >= 0.6 is 0 Å². The summed E-state index contributed by atoms with van der Waals surface area (Å²) in [6.07, 6.45) is 0.383. The van der Waals surface area contributed by atoms with Crippen molar-refractivity contribution in [2.24, 2.45) is 0 Å². The molecule has 0 unspecified atom stereocenters. The van der Waals surface area contributed by atoms with E-state index in [1.165, 1.54) is 0 Å². The third-order valence-electron chi connectivity index (χ3n) is 2.58. The molecule has 0 radical (unpaired) electrons. The molecule has 0 aliphatic heterocycles. The third kappa shape index (κ3) is 2.02. The molecule has 0 aliphatic rings. The van der Waals surface area contributed by atoms with Crippen LogP contribution in [0.2, 0.25) is 0 Å². The zero-order valence-electron chi connectivity index (χ0n) is 9.38. The van der Waals surface area contributed by atoms with Gasteiger partial charge in [-0.15, -0.1) is 0 Å². The molecule has 0 saturated carbocycles. The zero-order chi connectivity index (χ0) is 13.2. The lowest BCUT2D eigenvalue weighted by Crippen LogP contribution is -2.09. The molecule has 0 fully saturated rings. The summed E-state index contributed by atoms with van der Waals surface area (Å²) in [4.78, 5) is 14.2. The molecule has 1 aromatic carbocycles. The molecule has 4 nitrogen and oxygen atoms in total. The van der Waals surface area contributed by atoms with Gasteiger partial charge in [0.2, 0.25) is 0 Å². The van der Waals surface area contributed by atoms with Gasteiger partial charge in [-0.1, -0.05) is 13.8 Å². The van der Waals surface area contributed by atoms with E-state index in [2.05, 4.69) is 4.94 Å². The molecule has 17 heavy (non-hydrogen) atoms. The van der Waals surface area contributed by atoms with E-state index < -0.39 is 28.8 Å². The van der Waals surface area contributed by atoms with Gasteiger partial charge in [0.05, 0.1) is 0 Å². The molecule has 0 aliphatic carbocycles. The zero-order valence-corrected chi connectivity index (χ0v) is 9.38. The number of aromatic hydroxyl groups is 2. The summed E-state index contributed by atoms with van der Waals surface area (Å²) in [5, 5.41) is 18.8. The van der Waals surface area contributed by atoms with Crippen LogP contribution in [0.3, 0.4) is 0 Å². The highest BCUT2D eigenvalue weighted by Crippen LogP contribution is 2.38. The van der Waals surface area contributed by atoms with E-state index in [1.807, 2.05) is 0 Å². The normalized spacial score (nSPS) is 10.4. The fourth-order valence-electron chi connectivity index (χ4n) is 1.81. The fraction of sp³-hybridized carbons (Fsp3) is 0.364. The number of carbonyl (C=O) groups is 1. The van der Waals surface area contributed by atoms with Gasteiger partial charge in [-0.3, -0.25) is 0 Å². The SMILES string of the molecule is CCc1c(F)c(O)c(O)c(C(=O)OF)c1CC. The van der Waals surface area contributed by atoms with Crippen molar-refractivity contribution in [3.8, 4) is 11.5 Å². The molecule has 0 heterocycles. The van der Waals surface area contributed by atoms with Crippen molar-refractivity contribution in [1.29, 1.82) is 0 Å². The van der Waals surface area contributed by atoms with Gasteiger partial charge in [-0.05, 0) is 24.0 Å². The Kier molecular flexibility index (Phi) is 3.88. The summed E-state index contributed by atoms with van der Waals surface area (Å²) in [5.41, 5.74) is -0.350. The molecular weight excluding hydrogens is 234 g/mol. The van der Waals surface area contributed by atoms with Crippen molar-refractivity contribution < 1.29 is 28.9 Å². The van der Waals surface area contributed by atoms with E-state index in [1.54, 1.807) is 13.8 Å². The molecule has 0 saturated heterocycles. The van der Waals surface area contributed by atoms with Gasteiger partial charge in [0.15, 0.2) is 17.3 Å². The van der Waals surface area contributed by atoms with Gasteiger partial charge in [0, 0.05) is 4.53 Å². The van der Waals surface area contributed by atoms with Crippen molar-refractivity contribution in [2.75, 3.05) is 0 Å². The molecule has 1 rings (SSSR count). The summed E-state index contributed by atoms with van der Waals surface area (Å²) < 4.78 is 25.5. The Labute approximate surface area is 96.4 Å². The van der Waals surface area contributed by atoms with Crippen LogP contribution < -0.4 is 0 Å². The highest BCUT2D eigenvalue weighted by Gasteiger charge is 2.27. The van der Waals surface area contributed by atoms with E-state index >= 15 is 0 Å². The number of hydrogen-bond acceptors (Lipinski definition) is 4. The van der Waals surface area contributed by atoms with E-state index in [-0.39, 0.29) is 24.0 Å². The second kappa shape index (κ2) is 4.99. The summed E-state index contributed by atoms with van der Waals surface area (Å²) in [6, 6.07) is 0. The van der Waals surface area contributed by atoms with Gasteiger partial charge < -0.3 is 10.2 Å². The Morgan fingerprint density at radius 3 is 2.12 bits per heavy atom. The van der Waals surface area contributed by atoms with Gasteiger partial charge >= 0.3 is 5.97 Å². The molecule has 94 valence electrons. The minimum atomic E-state index is -1.45. The highest BCUT2D eigenvalue weighted by atomic mass is 19.3.